The summed E-state index contributed by atoms with van der Waals surface area (Å²) < 4.78 is 38.5. The highest BCUT2D eigenvalue weighted by molar-refractivity contribution is 5.66. The van der Waals surface area contributed by atoms with Gasteiger partial charge >= 0.3 is 12.1 Å². The van der Waals surface area contributed by atoms with Crippen LogP contribution in [-0.2, 0) is 11.0 Å². The van der Waals surface area contributed by atoms with Crippen molar-refractivity contribution in [2.45, 2.75) is 25.4 Å². The quantitative estimate of drug-likeness (QED) is 0.458. The number of non-ortho nitro benzene ring substituents is 1. The van der Waals surface area contributed by atoms with Crippen molar-refractivity contribution in [1.82, 2.24) is 0 Å². The van der Waals surface area contributed by atoms with Crippen LogP contribution < -0.4 is 5.32 Å². The summed E-state index contributed by atoms with van der Waals surface area (Å²) >= 11 is 0. The van der Waals surface area contributed by atoms with E-state index in [9.17, 15) is 28.1 Å². The highest BCUT2D eigenvalue weighted by Crippen LogP contribution is 2.37. The number of nitrogens with zero attached hydrogens (tertiary/aromatic N) is 1. The summed E-state index contributed by atoms with van der Waals surface area (Å²) in [6.45, 7) is 0.147. The number of carbonyl (C=O) groups is 1. The molecule has 1 aromatic rings. The van der Waals surface area contributed by atoms with E-state index in [1.54, 1.807) is 0 Å². The maximum atomic E-state index is 12.8. The van der Waals surface area contributed by atoms with Gasteiger partial charge in [-0.3, -0.25) is 14.9 Å². The van der Waals surface area contributed by atoms with Crippen molar-refractivity contribution in [1.29, 1.82) is 0 Å². The molecule has 0 unspecified atom stereocenters. The largest absolute Gasteiger partial charge is 0.481 e. The monoisotopic (exact) mass is 306 g/mol. The molecule has 0 radical (unpaired) electrons. The maximum absolute atomic E-state index is 12.8. The second-order valence-corrected chi connectivity index (χ2v) is 4.26. The van der Waals surface area contributed by atoms with Gasteiger partial charge in [0.05, 0.1) is 10.5 Å². The van der Waals surface area contributed by atoms with Gasteiger partial charge in [0.1, 0.15) is 0 Å². The molecule has 0 bridgehead atoms. The first-order valence-electron chi connectivity index (χ1n) is 6.03. The van der Waals surface area contributed by atoms with E-state index in [2.05, 4.69) is 5.32 Å². The predicted octanol–water partition coefficient (Wildman–Crippen LogP) is 3.28. The first kappa shape index (κ1) is 16.7. The molecule has 0 aliphatic heterocycles. The highest BCUT2D eigenvalue weighted by atomic mass is 19.4. The molecular weight excluding hydrogens is 293 g/mol. The Morgan fingerprint density at radius 2 is 2.00 bits per heavy atom. The molecule has 0 saturated heterocycles. The molecule has 2 N–H and O–H groups in total. The fourth-order valence-corrected chi connectivity index (χ4v) is 1.66. The van der Waals surface area contributed by atoms with Crippen molar-refractivity contribution in [3.63, 3.8) is 0 Å². The van der Waals surface area contributed by atoms with E-state index in [1.165, 1.54) is 0 Å². The van der Waals surface area contributed by atoms with E-state index in [0.717, 1.165) is 12.1 Å². The van der Waals surface area contributed by atoms with Gasteiger partial charge in [-0.05, 0) is 18.9 Å². The number of nitro groups is 1. The van der Waals surface area contributed by atoms with Crippen LogP contribution in [0.2, 0.25) is 0 Å². The molecule has 0 fully saturated rings. The molecule has 0 atom stereocenters. The molecule has 116 valence electrons. The zero-order valence-electron chi connectivity index (χ0n) is 10.8. The Bertz CT molecular complexity index is 532. The normalized spacial score (nSPS) is 11.2. The van der Waals surface area contributed by atoms with Crippen LogP contribution in [0.5, 0.6) is 0 Å². The summed E-state index contributed by atoms with van der Waals surface area (Å²) in [6, 6.07) is 2.45. The second-order valence-electron chi connectivity index (χ2n) is 4.26. The Morgan fingerprint density at radius 1 is 1.33 bits per heavy atom. The number of aliphatic carboxylic acids is 1. The fourth-order valence-electron chi connectivity index (χ4n) is 1.66. The summed E-state index contributed by atoms with van der Waals surface area (Å²) in [4.78, 5) is 19.9. The average Bonchev–Trinajstić information content (AvgIpc) is 2.36. The number of hydrogen-bond donors (Lipinski definition) is 2. The average molecular weight is 306 g/mol. The van der Waals surface area contributed by atoms with E-state index >= 15 is 0 Å². The minimum absolute atomic E-state index is 0.0614. The lowest BCUT2D eigenvalue weighted by molar-refractivity contribution is -0.385. The number of anilines is 1. The number of nitrogens with one attached hydrogen (secondary N) is 1. The molecule has 6 nitrogen and oxygen atoms in total. The SMILES string of the molecule is O=C(O)CCCCNc1ccc([N+](=O)[O-])cc1C(F)(F)F. The van der Waals surface area contributed by atoms with E-state index < -0.39 is 28.3 Å². The van der Waals surface area contributed by atoms with Crippen LogP contribution in [-0.4, -0.2) is 22.5 Å². The Balaban J connectivity index is 2.77. The van der Waals surface area contributed by atoms with Crippen LogP contribution in [0.25, 0.3) is 0 Å². The van der Waals surface area contributed by atoms with Gasteiger partial charge < -0.3 is 10.4 Å². The molecule has 21 heavy (non-hydrogen) atoms. The van der Waals surface area contributed by atoms with Gasteiger partial charge in [0.2, 0.25) is 0 Å². The van der Waals surface area contributed by atoms with Gasteiger partial charge in [-0.25, -0.2) is 0 Å². The molecule has 1 rings (SSSR count). The van der Waals surface area contributed by atoms with Gasteiger partial charge in [-0.2, -0.15) is 13.2 Å². The number of carboxylic acid groups (broad SMARTS) is 1. The van der Waals surface area contributed by atoms with Crippen LogP contribution in [0.3, 0.4) is 0 Å². The number of unbranched alkanes of at least 4 members (excludes halogenated alkanes) is 1. The first-order valence-corrected chi connectivity index (χ1v) is 6.03. The highest BCUT2D eigenvalue weighted by Gasteiger charge is 2.35. The molecule has 1 aromatic carbocycles. The second kappa shape index (κ2) is 6.91. The van der Waals surface area contributed by atoms with Gasteiger partial charge in [0.15, 0.2) is 0 Å². The summed E-state index contributed by atoms with van der Waals surface area (Å²) in [5.41, 5.74) is -2.02. The summed E-state index contributed by atoms with van der Waals surface area (Å²) in [7, 11) is 0. The Kier molecular flexibility index (Phi) is 5.51. The van der Waals surface area contributed by atoms with Crippen LogP contribution >= 0.6 is 0 Å². The van der Waals surface area contributed by atoms with Crippen molar-refractivity contribution in [2.75, 3.05) is 11.9 Å². The third kappa shape index (κ3) is 5.28. The summed E-state index contributed by atoms with van der Waals surface area (Å²) in [6.07, 6.45) is -4.07. The van der Waals surface area contributed by atoms with E-state index in [1.807, 2.05) is 0 Å². The fraction of sp³-hybridized carbons (Fsp3) is 0.417. The minimum atomic E-state index is -4.71. The molecular formula is C12H13F3N2O4. The van der Waals surface area contributed by atoms with Crippen LogP contribution in [0.15, 0.2) is 18.2 Å². The van der Waals surface area contributed by atoms with Crippen molar-refractivity contribution >= 4 is 17.3 Å². The van der Waals surface area contributed by atoms with Crippen molar-refractivity contribution < 1.29 is 28.0 Å². The number of halogens is 3. The number of carboxylic acids is 1. The van der Waals surface area contributed by atoms with Crippen molar-refractivity contribution in [3.05, 3.63) is 33.9 Å². The van der Waals surface area contributed by atoms with E-state index in [-0.39, 0.29) is 18.7 Å². The summed E-state index contributed by atoms with van der Waals surface area (Å²) in [5.74, 6) is -0.971. The Morgan fingerprint density at radius 3 is 2.52 bits per heavy atom. The number of nitro benzene ring substituents is 1. The lowest BCUT2D eigenvalue weighted by atomic mass is 10.1. The molecule has 0 aliphatic carbocycles. The Labute approximate surface area is 117 Å². The maximum Gasteiger partial charge on any atom is 0.418 e. The van der Waals surface area contributed by atoms with Crippen LogP contribution in [0.1, 0.15) is 24.8 Å². The number of benzene rings is 1. The summed E-state index contributed by atoms with van der Waals surface area (Å²) in [5, 5.41) is 21.5. The number of rotatable bonds is 7. The molecule has 0 aliphatic rings. The number of hydrogen-bond acceptors (Lipinski definition) is 4. The van der Waals surface area contributed by atoms with Gasteiger partial charge in [-0.15, -0.1) is 0 Å². The third-order valence-electron chi connectivity index (χ3n) is 2.65. The van der Waals surface area contributed by atoms with Gasteiger partial charge in [0, 0.05) is 30.8 Å². The van der Waals surface area contributed by atoms with E-state index in [4.69, 9.17) is 5.11 Å². The Hall–Kier alpha value is -2.32. The first-order chi connectivity index (χ1) is 9.71. The topological polar surface area (TPSA) is 92.5 Å². The number of alkyl halides is 3. The van der Waals surface area contributed by atoms with Crippen LogP contribution in [0, 0.1) is 10.1 Å². The molecule has 0 saturated carbocycles. The molecule has 9 heteroatoms. The molecule has 0 heterocycles. The zero-order valence-corrected chi connectivity index (χ0v) is 10.8. The van der Waals surface area contributed by atoms with Crippen molar-refractivity contribution in [3.8, 4) is 0 Å². The van der Waals surface area contributed by atoms with Gasteiger partial charge in [-0.1, -0.05) is 0 Å². The standard InChI is InChI=1S/C12H13F3N2O4/c13-12(14,15)9-7-8(17(20)21)4-5-10(9)16-6-2-1-3-11(18)19/h4-5,7,16H,1-3,6H2,(H,18,19). The molecule has 0 aromatic heterocycles. The zero-order chi connectivity index (χ0) is 16.0. The minimum Gasteiger partial charge on any atom is -0.481 e. The lowest BCUT2D eigenvalue weighted by Gasteiger charge is -2.14. The van der Waals surface area contributed by atoms with Crippen molar-refractivity contribution in [2.24, 2.45) is 0 Å². The predicted molar refractivity (Wildman–Crippen MR) is 68.1 cm³/mol. The lowest BCUT2D eigenvalue weighted by Crippen LogP contribution is -2.12. The van der Waals surface area contributed by atoms with E-state index in [0.29, 0.717) is 18.9 Å². The van der Waals surface area contributed by atoms with Gasteiger partial charge in [0.25, 0.3) is 5.69 Å². The van der Waals surface area contributed by atoms with Crippen LogP contribution in [0.4, 0.5) is 24.5 Å². The molecule has 0 spiro atoms. The smallest absolute Gasteiger partial charge is 0.418 e. The molecule has 0 amide bonds. The third-order valence-corrected chi connectivity index (χ3v) is 2.65.